The molecule has 4 nitrogen and oxygen atoms in total. The topological polar surface area (TPSA) is 30.3 Å². The highest BCUT2D eigenvalue weighted by Crippen LogP contribution is 2.32. The smallest absolute Gasteiger partial charge is 0.416 e. The van der Waals surface area contributed by atoms with Crippen molar-refractivity contribution in [2.75, 3.05) is 19.6 Å². The maximum Gasteiger partial charge on any atom is 0.416 e. The zero-order valence-corrected chi connectivity index (χ0v) is 20.5. The molecule has 0 saturated carbocycles. The number of hydrogen-bond acceptors (Lipinski definition) is 3. The molecule has 0 radical (unpaired) electrons. The lowest BCUT2D eigenvalue weighted by Gasteiger charge is -2.22. The lowest BCUT2D eigenvalue weighted by atomic mass is 10.2. The van der Waals surface area contributed by atoms with Crippen LogP contribution >= 0.6 is 0 Å². The third-order valence-corrected chi connectivity index (χ3v) is 6.12. The normalized spacial score (nSPS) is 12.1. The minimum atomic E-state index is -4.39. The molecule has 0 spiro atoms. The molecule has 34 heavy (non-hydrogen) atoms. The summed E-state index contributed by atoms with van der Waals surface area (Å²) in [5, 5.41) is 0. The van der Waals surface area contributed by atoms with E-state index in [-0.39, 0.29) is 6.61 Å². The highest BCUT2D eigenvalue weighted by molar-refractivity contribution is 5.77. The second-order valence-electron chi connectivity index (χ2n) is 8.84. The van der Waals surface area contributed by atoms with Gasteiger partial charge in [-0.05, 0) is 75.6 Å². The quantitative estimate of drug-likeness (QED) is 0.261. The van der Waals surface area contributed by atoms with Gasteiger partial charge in [-0.2, -0.15) is 13.2 Å². The number of ether oxygens (including phenoxy) is 1. The maximum atomic E-state index is 13.3. The lowest BCUT2D eigenvalue weighted by molar-refractivity contribution is -0.137. The molecular weight excluding hydrogens is 439 g/mol. The maximum absolute atomic E-state index is 13.3. The van der Waals surface area contributed by atoms with E-state index in [1.54, 1.807) is 0 Å². The minimum Gasteiger partial charge on any atom is -0.485 e. The van der Waals surface area contributed by atoms with Crippen molar-refractivity contribution in [1.82, 2.24) is 14.5 Å². The molecule has 0 atom stereocenters. The van der Waals surface area contributed by atoms with Crippen LogP contribution in [0.1, 0.15) is 62.9 Å². The van der Waals surface area contributed by atoms with Crippen molar-refractivity contribution in [1.29, 1.82) is 0 Å². The van der Waals surface area contributed by atoms with Gasteiger partial charge in [0.15, 0.2) is 0 Å². The van der Waals surface area contributed by atoms with E-state index in [1.807, 2.05) is 35.8 Å². The fraction of sp³-hybridized carbons (Fsp3) is 0.519. The van der Waals surface area contributed by atoms with Crippen molar-refractivity contribution >= 4 is 11.0 Å². The number of alkyl halides is 3. The van der Waals surface area contributed by atoms with Gasteiger partial charge in [0.05, 0.1) is 16.6 Å². The van der Waals surface area contributed by atoms with Crippen LogP contribution in [0.4, 0.5) is 13.2 Å². The number of para-hydroxylation sites is 1. The number of aryl methyl sites for hydroxylation is 2. The standard InChI is InChI=1S/C27H36F3N3O/c1-4-6-15-32(16-7-5-2)17-10-18-33-24-14-13-22(27(28,29)30)19-23(24)31-26(33)20-34-25-12-9-8-11-21(25)3/h8-9,11-14,19H,4-7,10,15-18,20H2,1-3H3. The molecule has 0 aliphatic carbocycles. The molecule has 0 saturated heterocycles. The van der Waals surface area contributed by atoms with Crippen LogP contribution < -0.4 is 4.74 Å². The number of imidazole rings is 1. The monoisotopic (exact) mass is 475 g/mol. The highest BCUT2D eigenvalue weighted by atomic mass is 19.4. The van der Waals surface area contributed by atoms with E-state index in [9.17, 15) is 13.2 Å². The average molecular weight is 476 g/mol. The summed E-state index contributed by atoms with van der Waals surface area (Å²) < 4.78 is 47.8. The average Bonchev–Trinajstić information content (AvgIpc) is 3.16. The molecule has 0 unspecified atom stereocenters. The number of benzene rings is 2. The first-order chi connectivity index (χ1) is 16.3. The van der Waals surface area contributed by atoms with Gasteiger partial charge in [0.1, 0.15) is 18.2 Å². The van der Waals surface area contributed by atoms with Crippen molar-refractivity contribution in [3.8, 4) is 5.75 Å². The summed E-state index contributed by atoms with van der Waals surface area (Å²) in [5.74, 6) is 1.40. The predicted molar refractivity (Wildman–Crippen MR) is 131 cm³/mol. The lowest BCUT2D eigenvalue weighted by Crippen LogP contribution is -2.28. The van der Waals surface area contributed by atoms with Gasteiger partial charge in [-0.15, -0.1) is 0 Å². The molecule has 0 aliphatic rings. The third kappa shape index (κ3) is 6.98. The van der Waals surface area contributed by atoms with Crippen LogP contribution in [0.15, 0.2) is 42.5 Å². The predicted octanol–water partition coefficient (Wildman–Crippen LogP) is 7.23. The van der Waals surface area contributed by atoms with E-state index in [1.165, 1.54) is 18.9 Å². The zero-order valence-electron chi connectivity index (χ0n) is 20.5. The Bertz CT molecular complexity index is 1040. The summed E-state index contributed by atoms with van der Waals surface area (Å²) in [5.41, 5.74) is 1.39. The number of hydrogen-bond donors (Lipinski definition) is 0. The summed E-state index contributed by atoms with van der Waals surface area (Å²) >= 11 is 0. The molecule has 186 valence electrons. The Morgan fingerprint density at radius 1 is 0.941 bits per heavy atom. The van der Waals surface area contributed by atoms with Crippen molar-refractivity contribution in [3.63, 3.8) is 0 Å². The van der Waals surface area contributed by atoms with Crippen LogP contribution in [-0.4, -0.2) is 34.1 Å². The zero-order chi connectivity index (χ0) is 24.6. The molecule has 3 rings (SSSR count). The first-order valence-electron chi connectivity index (χ1n) is 12.3. The second kappa shape index (κ2) is 12.2. The summed E-state index contributed by atoms with van der Waals surface area (Å²) in [6.07, 6.45) is 1.18. The van der Waals surface area contributed by atoms with Crippen LogP contribution in [0, 0.1) is 6.92 Å². The Hall–Kier alpha value is -2.54. The molecular formula is C27H36F3N3O. The van der Waals surface area contributed by atoms with Gasteiger partial charge in [-0.3, -0.25) is 0 Å². The van der Waals surface area contributed by atoms with Crippen LogP contribution in [0.25, 0.3) is 11.0 Å². The molecule has 7 heteroatoms. The molecule has 1 heterocycles. The summed E-state index contributed by atoms with van der Waals surface area (Å²) in [4.78, 5) is 7.05. The molecule has 2 aromatic carbocycles. The van der Waals surface area contributed by atoms with E-state index in [4.69, 9.17) is 4.74 Å². The van der Waals surface area contributed by atoms with Crippen LogP contribution in [0.3, 0.4) is 0 Å². The molecule has 0 bridgehead atoms. The van der Waals surface area contributed by atoms with E-state index in [0.717, 1.165) is 62.3 Å². The van der Waals surface area contributed by atoms with Gasteiger partial charge in [0, 0.05) is 6.54 Å². The SMILES string of the molecule is CCCCN(CCCC)CCCn1c(COc2ccccc2C)nc2cc(C(F)(F)F)ccc21. The summed E-state index contributed by atoms with van der Waals surface area (Å²) in [7, 11) is 0. The summed E-state index contributed by atoms with van der Waals surface area (Å²) in [6.45, 7) is 10.4. The fourth-order valence-electron chi connectivity index (χ4n) is 4.13. The van der Waals surface area contributed by atoms with Gasteiger partial charge in [-0.1, -0.05) is 44.9 Å². The first-order valence-corrected chi connectivity index (χ1v) is 12.3. The van der Waals surface area contributed by atoms with Gasteiger partial charge in [-0.25, -0.2) is 4.98 Å². The molecule has 0 aliphatic heterocycles. The van der Waals surface area contributed by atoms with Crippen LogP contribution in [-0.2, 0) is 19.3 Å². The van der Waals surface area contributed by atoms with E-state index < -0.39 is 11.7 Å². The molecule has 1 aromatic heterocycles. The number of nitrogens with zero attached hydrogens (tertiary/aromatic N) is 3. The fourth-order valence-corrected chi connectivity index (χ4v) is 4.13. The Kier molecular flexibility index (Phi) is 9.39. The number of fused-ring (bicyclic) bond motifs is 1. The number of aromatic nitrogens is 2. The van der Waals surface area contributed by atoms with Gasteiger partial charge < -0.3 is 14.2 Å². The minimum absolute atomic E-state index is 0.205. The Balaban J connectivity index is 1.81. The largest absolute Gasteiger partial charge is 0.485 e. The van der Waals surface area contributed by atoms with Gasteiger partial charge >= 0.3 is 6.18 Å². The summed E-state index contributed by atoms with van der Waals surface area (Å²) in [6, 6.07) is 11.5. The molecule has 0 amide bonds. The molecule has 0 fully saturated rings. The van der Waals surface area contributed by atoms with E-state index in [0.29, 0.717) is 23.4 Å². The highest BCUT2D eigenvalue weighted by Gasteiger charge is 2.31. The second-order valence-corrected chi connectivity index (χ2v) is 8.84. The Morgan fingerprint density at radius 3 is 2.26 bits per heavy atom. The van der Waals surface area contributed by atoms with Crippen LogP contribution in [0.2, 0.25) is 0 Å². The van der Waals surface area contributed by atoms with Gasteiger partial charge in [0.2, 0.25) is 0 Å². The van der Waals surface area contributed by atoms with E-state index in [2.05, 4.69) is 23.7 Å². The molecule has 3 aromatic rings. The van der Waals surface area contributed by atoms with Crippen molar-refractivity contribution in [3.05, 3.63) is 59.4 Å². The third-order valence-electron chi connectivity index (χ3n) is 6.12. The molecule has 0 N–H and O–H groups in total. The van der Waals surface area contributed by atoms with Crippen molar-refractivity contribution < 1.29 is 17.9 Å². The Labute approximate surface area is 200 Å². The van der Waals surface area contributed by atoms with Gasteiger partial charge in [0.25, 0.3) is 0 Å². The Morgan fingerprint density at radius 2 is 1.62 bits per heavy atom. The van der Waals surface area contributed by atoms with Crippen molar-refractivity contribution in [2.24, 2.45) is 0 Å². The number of rotatable bonds is 13. The number of halogens is 3. The van der Waals surface area contributed by atoms with Crippen LogP contribution in [0.5, 0.6) is 5.75 Å². The van der Waals surface area contributed by atoms with Crippen molar-refractivity contribution in [2.45, 2.75) is 72.2 Å². The first kappa shape index (κ1) is 26.1. The number of unbranched alkanes of at least 4 members (excludes halogenated alkanes) is 2. The van der Waals surface area contributed by atoms with E-state index >= 15 is 0 Å².